The van der Waals surface area contributed by atoms with Crippen LogP contribution in [0.25, 0.3) is 0 Å². The molecule has 2 fully saturated rings. The molecule has 2 aromatic rings. The predicted molar refractivity (Wildman–Crippen MR) is 143 cm³/mol. The number of hydrogen-bond acceptors (Lipinski definition) is 4. The Kier molecular flexibility index (Phi) is 8.01. The Morgan fingerprint density at radius 1 is 1.03 bits per heavy atom. The molecular formula is C30H38F3N3O3. The minimum atomic E-state index is -4.56. The lowest BCUT2D eigenvalue weighted by atomic mass is 9.72. The van der Waals surface area contributed by atoms with Crippen molar-refractivity contribution in [1.82, 2.24) is 9.88 Å². The fraction of sp³-hybridized carbons (Fsp3) is 0.567. The summed E-state index contributed by atoms with van der Waals surface area (Å²) in [6, 6.07) is 6.88. The van der Waals surface area contributed by atoms with Crippen LogP contribution in [0, 0.1) is 31.1 Å². The van der Waals surface area contributed by atoms with Crippen LogP contribution in [-0.2, 0) is 15.8 Å². The van der Waals surface area contributed by atoms with E-state index in [9.17, 15) is 27.9 Å². The number of carboxylic acids is 1. The van der Waals surface area contributed by atoms with E-state index in [0.29, 0.717) is 12.8 Å². The number of aliphatic carboxylic acids is 1. The van der Waals surface area contributed by atoms with Crippen molar-refractivity contribution in [2.75, 3.05) is 5.32 Å². The molecule has 9 heteroatoms. The van der Waals surface area contributed by atoms with Gasteiger partial charge in [0.05, 0.1) is 17.6 Å². The molecule has 39 heavy (non-hydrogen) atoms. The van der Waals surface area contributed by atoms with Crippen LogP contribution in [0.3, 0.4) is 0 Å². The second kappa shape index (κ2) is 10.8. The number of likely N-dealkylation sites (tertiary alicyclic amines) is 1. The number of nitrogens with one attached hydrogen (secondary N) is 1. The highest BCUT2D eigenvalue weighted by Gasteiger charge is 2.59. The fourth-order valence-corrected chi connectivity index (χ4v) is 6.54. The Morgan fingerprint density at radius 3 is 2.23 bits per heavy atom. The molecule has 0 unspecified atom stereocenters. The number of carboxylic acid groups (broad SMARTS) is 1. The molecule has 1 aromatic heterocycles. The molecule has 2 aliphatic rings. The molecular weight excluding hydrogens is 507 g/mol. The summed E-state index contributed by atoms with van der Waals surface area (Å²) >= 11 is 0. The van der Waals surface area contributed by atoms with Crippen molar-refractivity contribution in [3.05, 3.63) is 58.8 Å². The lowest BCUT2D eigenvalue weighted by Crippen LogP contribution is -2.49. The fourth-order valence-electron chi connectivity index (χ4n) is 6.54. The molecule has 0 bridgehead atoms. The van der Waals surface area contributed by atoms with Gasteiger partial charge in [-0.2, -0.15) is 13.2 Å². The molecule has 1 amide bonds. The number of anilines is 1. The Hall–Kier alpha value is -3.10. The number of nitrogens with zero attached hydrogens (tertiary/aromatic N) is 2. The highest BCUT2D eigenvalue weighted by Crippen LogP contribution is 2.50. The molecule has 212 valence electrons. The van der Waals surface area contributed by atoms with E-state index in [1.54, 1.807) is 0 Å². The standard InChI is InChI=1S/C30H38F3N3O3/c1-17-11-9-10-14-21(17)25-24(35-22-16-20(30(31,32)33)15-18(2)34-22)23(29(3,4)5)26(28(38)39)36(25)27(37)19-12-7-6-8-13-19/h9-11,14-16,19,23-26H,6-8,12-13H2,1-5H3,(H,34,35)(H,38,39)/t23-,24-,25-,26-/m0/s1. The normalized spacial score (nSPS) is 24.6. The number of aryl methyl sites for hydroxylation is 2. The van der Waals surface area contributed by atoms with E-state index in [-0.39, 0.29) is 23.3 Å². The highest BCUT2D eigenvalue weighted by molar-refractivity contribution is 5.87. The van der Waals surface area contributed by atoms with Gasteiger partial charge in [0.2, 0.25) is 5.91 Å². The average molecular weight is 546 g/mol. The van der Waals surface area contributed by atoms with Crippen LogP contribution in [-0.4, -0.2) is 39.0 Å². The van der Waals surface area contributed by atoms with Gasteiger partial charge in [-0.15, -0.1) is 0 Å². The lowest BCUT2D eigenvalue weighted by Gasteiger charge is -2.36. The zero-order valence-corrected chi connectivity index (χ0v) is 23.2. The van der Waals surface area contributed by atoms with E-state index < -0.39 is 47.2 Å². The van der Waals surface area contributed by atoms with Crippen LogP contribution < -0.4 is 5.32 Å². The van der Waals surface area contributed by atoms with Crippen molar-refractivity contribution in [3.63, 3.8) is 0 Å². The first-order valence-corrected chi connectivity index (χ1v) is 13.6. The summed E-state index contributed by atoms with van der Waals surface area (Å²) in [7, 11) is 0. The van der Waals surface area contributed by atoms with Gasteiger partial charge in [-0.3, -0.25) is 4.79 Å². The molecule has 2 N–H and O–H groups in total. The molecule has 2 heterocycles. The smallest absolute Gasteiger partial charge is 0.416 e. The summed E-state index contributed by atoms with van der Waals surface area (Å²) in [4.78, 5) is 33.0. The topological polar surface area (TPSA) is 82.5 Å². The van der Waals surface area contributed by atoms with Gasteiger partial charge in [0.25, 0.3) is 0 Å². The van der Waals surface area contributed by atoms with E-state index in [0.717, 1.165) is 42.5 Å². The van der Waals surface area contributed by atoms with Crippen molar-refractivity contribution in [2.24, 2.45) is 17.3 Å². The summed E-state index contributed by atoms with van der Waals surface area (Å²) in [5.41, 5.74) is 0.401. The number of hydrogen-bond donors (Lipinski definition) is 2. The molecule has 1 aliphatic carbocycles. The maximum Gasteiger partial charge on any atom is 0.416 e. The monoisotopic (exact) mass is 545 g/mol. The zero-order chi connectivity index (χ0) is 28.7. The number of pyridine rings is 1. The maximum atomic E-state index is 14.2. The van der Waals surface area contributed by atoms with Crippen molar-refractivity contribution >= 4 is 17.7 Å². The molecule has 0 spiro atoms. The third-order valence-corrected chi connectivity index (χ3v) is 8.23. The SMILES string of the molecule is Cc1cc(C(F)(F)F)cc(N[C@H]2[C@H](C(C)(C)C)[C@@H](C(=O)O)N(C(=O)C3CCCCC3)[C@H]2c2ccccc2C)n1. The van der Waals surface area contributed by atoms with Crippen LogP contribution in [0.5, 0.6) is 0 Å². The summed E-state index contributed by atoms with van der Waals surface area (Å²) in [6.07, 6.45) is -0.290. The molecule has 1 aromatic carbocycles. The molecule has 1 saturated carbocycles. The molecule has 0 radical (unpaired) electrons. The zero-order valence-electron chi connectivity index (χ0n) is 23.2. The Labute approximate surface area is 228 Å². The number of alkyl halides is 3. The first-order chi connectivity index (χ1) is 18.2. The van der Waals surface area contributed by atoms with Gasteiger partial charge in [-0.25, -0.2) is 9.78 Å². The number of halogens is 3. The van der Waals surface area contributed by atoms with Crippen LogP contribution in [0.2, 0.25) is 0 Å². The van der Waals surface area contributed by atoms with E-state index in [4.69, 9.17) is 0 Å². The largest absolute Gasteiger partial charge is 0.480 e. The van der Waals surface area contributed by atoms with Crippen LogP contribution in [0.15, 0.2) is 36.4 Å². The molecule has 1 aliphatic heterocycles. The van der Waals surface area contributed by atoms with E-state index in [2.05, 4.69) is 10.3 Å². The summed E-state index contributed by atoms with van der Waals surface area (Å²) < 4.78 is 41.0. The number of rotatable bonds is 5. The number of carbonyl (C=O) groups excluding carboxylic acids is 1. The van der Waals surface area contributed by atoms with E-state index in [1.807, 2.05) is 52.0 Å². The van der Waals surface area contributed by atoms with Gasteiger partial charge < -0.3 is 15.3 Å². The maximum absolute atomic E-state index is 14.2. The molecule has 6 nitrogen and oxygen atoms in total. The van der Waals surface area contributed by atoms with Crippen molar-refractivity contribution in [1.29, 1.82) is 0 Å². The van der Waals surface area contributed by atoms with Crippen LogP contribution in [0.1, 0.15) is 81.3 Å². The van der Waals surface area contributed by atoms with Gasteiger partial charge >= 0.3 is 12.1 Å². The molecule has 4 atom stereocenters. The van der Waals surface area contributed by atoms with Gasteiger partial charge in [-0.05, 0) is 55.4 Å². The van der Waals surface area contributed by atoms with Crippen molar-refractivity contribution in [2.45, 2.75) is 91.0 Å². The minimum Gasteiger partial charge on any atom is -0.480 e. The summed E-state index contributed by atoms with van der Waals surface area (Å²) in [6.45, 7) is 9.14. The average Bonchev–Trinajstić information content (AvgIpc) is 3.19. The van der Waals surface area contributed by atoms with Crippen molar-refractivity contribution in [3.8, 4) is 0 Å². The summed E-state index contributed by atoms with van der Waals surface area (Å²) in [5.74, 6) is -2.20. The van der Waals surface area contributed by atoms with Gasteiger partial charge in [-0.1, -0.05) is 64.3 Å². The van der Waals surface area contributed by atoms with Crippen LogP contribution >= 0.6 is 0 Å². The van der Waals surface area contributed by atoms with E-state index in [1.165, 1.54) is 11.8 Å². The number of aromatic nitrogens is 1. The number of benzene rings is 1. The third-order valence-electron chi connectivity index (χ3n) is 8.23. The Bertz CT molecular complexity index is 1220. The predicted octanol–water partition coefficient (Wildman–Crippen LogP) is 6.78. The Balaban J connectivity index is 1.91. The first-order valence-electron chi connectivity index (χ1n) is 13.6. The van der Waals surface area contributed by atoms with Crippen LogP contribution in [0.4, 0.5) is 19.0 Å². The lowest BCUT2D eigenvalue weighted by molar-refractivity contribution is -0.154. The quantitative estimate of drug-likeness (QED) is 0.433. The van der Waals surface area contributed by atoms with E-state index >= 15 is 0 Å². The molecule has 1 saturated heterocycles. The minimum absolute atomic E-state index is 0.0104. The second-order valence-electron chi connectivity index (χ2n) is 12.1. The van der Waals surface area contributed by atoms with Crippen molar-refractivity contribution < 1.29 is 27.9 Å². The Morgan fingerprint density at radius 2 is 1.67 bits per heavy atom. The van der Waals surface area contributed by atoms with Gasteiger partial charge in [0.15, 0.2) is 0 Å². The molecule has 4 rings (SSSR count). The summed E-state index contributed by atoms with van der Waals surface area (Å²) in [5, 5.41) is 13.8. The van der Waals surface area contributed by atoms with Gasteiger partial charge in [0.1, 0.15) is 11.9 Å². The third kappa shape index (κ3) is 5.92. The first kappa shape index (κ1) is 28.9. The number of amides is 1. The number of carbonyl (C=O) groups is 2. The van der Waals surface area contributed by atoms with Gasteiger partial charge in [0, 0.05) is 17.5 Å². The highest BCUT2D eigenvalue weighted by atomic mass is 19.4. The second-order valence-corrected chi connectivity index (χ2v) is 12.1.